The van der Waals surface area contributed by atoms with Gasteiger partial charge in [0.1, 0.15) is 6.04 Å². The van der Waals surface area contributed by atoms with E-state index in [2.05, 4.69) is 33.9 Å². The molecule has 0 spiro atoms. The molecule has 0 radical (unpaired) electrons. The molecule has 8 heteroatoms. The number of sulfonamides is 1. The quantitative estimate of drug-likeness (QED) is 0.589. The molecule has 0 aromatic heterocycles. The predicted molar refractivity (Wildman–Crippen MR) is 127 cm³/mol. The van der Waals surface area contributed by atoms with Crippen LogP contribution in [0.4, 0.5) is 0 Å². The minimum absolute atomic E-state index is 0.128. The van der Waals surface area contributed by atoms with Gasteiger partial charge in [-0.15, -0.1) is 0 Å². The van der Waals surface area contributed by atoms with Gasteiger partial charge in [-0.3, -0.25) is 9.69 Å². The Morgan fingerprint density at radius 2 is 1.61 bits per heavy atom. The molecule has 6 nitrogen and oxygen atoms in total. The van der Waals surface area contributed by atoms with E-state index >= 15 is 0 Å². The van der Waals surface area contributed by atoms with E-state index in [1.54, 1.807) is 47.0 Å². The molecule has 1 N–H and O–H groups in total. The van der Waals surface area contributed by atoms with Crippen LogP contribution in [0.1, 0.15) is 12.0 Å². The first-order valence-corrected chi connectivity index (χ1v) is 13.5. The summed E-state index contributed by atoms with van der Waals surface area (Å²) < 4.78 is 28.2. The summed E-state index contributed by atoms with van der Waals surface area (Å²) in [6.07, 6.45) is 3.42. The van der Waals surface area contributed by atoms with E-state index in [9.17, 15) is 13.2 Å². The largest absolute Gasteiger partial charge is 0.339 e. The van der Waals surface area contributed by atoms with Crippen LogP contribution in [0.25, 0.3) is 0 Å². The van der Waals surface area contributed by atoms with Crippen molar-refractivity contribution in [2.24, 2.45) is 0 Å². The number of carbonyl (C=O) groups is 1. The summed E-state index contributed by atoms with van der Waals surface area (Å²) in [5.74, 6) is 0.585. The first-order chi connectivity index (χ1) is 15.0. The summed E-state index contributed by atoms with van der Waals surface area (Å²) >= 11 is 1.61. The monoisotopic (exact) mass is 461 g/mol. The molecule has 3 rings (SSSR count). The van der Waals surface area contributed by atoms with Crippen molar-refractivity contribution in [3.05, 3.63) is 66.2 Å². The van der Waals surface area contributed by atoms with E-state index in [0.29, 0.717) is 25.3 Å². The van der Waals surface area contributed by atoms with Gasteiger partial charge in [-0.25, -0.2) is 8.42 Å². The fourth-order valence-corrected chi connectivity index (χ4v) is 5.38. The molecule has 1 atom stereocenters. The second-order valence-electron chi connectivity index (χ2n) is 7.67. The molecular formula is C23H31N3O3S2. The summed E-state index contributed by atoms with van der Waals surface area (Å²) in [5, 5.41) is 0. The topological polar surface area (TPSA) is 69.7 Å². The molecule has 1 aliphatic heterocycles. The van der Waals surface area contributed by atoms with Crippen LogP contribution < -0.4 is 4.72 Å². The van der Waals surface area contributed by atoms with Gasteiger partial charge >= 0.3 is 0 Å². The van der Waals surface area contributed by atoms with Crippen molar-refractivity contribution in [1.29, 1.82) is 0 Å². The summed E-state index contributed by atoms with van der Waals surface area (Å²) in [5.41, 5.74) is 1.31. The second kappa shape index (κ2) is 11.7. The smallest absolute Gasteiger partial charge is 0.241 e. The van der Waals surface area contributed by atoms with Crippen molar-refractivity contribution >= 4 is 27.7 Å². The van der Waals surface area contributed by atoms with Crippen LogP contribution in [0.3, 0.4) is 0 Å². The Hall–Kier alpha value is -1.87. The van der Waals surface area contributed by atoms with E-state index in [4.69, 9.17) is 0 Å². The lowest BCUT2D eigenvalue weighted by molar-refractivity contribution is -0.134. The molecule has 1 saturated heterocycles. The number of nitrogens with zero attached hydrogens (tertiary/aromatic N) is 2. The number of piperazine rings is 1. The number of carbonyl (C=O) groups excluding carboxylic acids is 1. The molecule has 1 unspecified atom stereocenters. The molecule has 1 fully saturated rings. The highest BCUT2D eigenvalue weighted by Gasteiger charge is 2.30. The Morgan fingerprint density at radius 1 is 1.00 bits per heavy atom. The van der Waals surface area contributed by atoms with Crippen LogP contribution >= 0.6 is 11.8 Å². The lowest BCUT2D eigenvalue weighted by atomic mass is 10.1. The molecule has 2 aromatic carbocycles. The maximum atomic E-state index is 13.2. The van der Waals surface area contributed by atoms with Crippen molar-refractivity contribution in [3.63, 3.8) is 0 Å². The van der Waals surface area contributed by atoms with Crippen molar-refractivity contribution in [3.8, 4) is 0 Å². The SMILES string of the molecule is CSCCC(NS(=O)(=O)c1ccccc1)C(=O)N1CCN(CCc2ccccc2)CC1. The molecular weight excluding hydrogens is 430 g/mol. The van der Waals surface area contributed by atoms with E-state index in [0.717, 1.165) is 26.1 Å². The standard InChI is InChI=1S/C23H31N3O3S2/c1-30-19-13-22(24-31(28,29)21-10-6-3-7-11-21)23(27)26-17-15-25(16-18-26)14-12-20-8-4-2-5-9-20/h2-11,22,24H,12-19H2,1H3. The van der Waals surface area contributed by atoms with Gasteiger partial charge in [0, 0.05) is 32.7 Å². The molecule has 2 aromatic rings. The molecule has 1 aliphatic rings. The van der Waals surface area contributed by atoms with Gasteiger partial charge in [0.25, 0.3) is 0 Å². The van der Waals surface area contributed by atoms with Gasteiger partial charge in [0.2, 0.25) is 15.9 Å². The van der Waals surface area contributed by atoms with E-state index < -0.39 is 16.1 Å². The highest BCUT2D eigenvalue weighted by molar-refractivity contribution is 7.98. The lowest BCUT2D eigenvalue weighted by Crippen LogP contribution is -2.55. The maximum Gasteiger partial charge on any atom is 0.241 e. The number of rotatable bonds is 10. The molecule has 31 heavy (non-hydrogen) atoms. The zero-order chi connectivity index (χ0) is 22.1. The molecule has 1 heterocycles. The number of hydrogen-bond acceptors (Lipinski definition) is 5. The van der Waals surface area contributed by atoms with Gasteiger partial charge in [0.05, 0.1) is 4.90 Å². The predicted octanol–water partition coefficient (Wildman–Crippen LogP) is 2.47. The van der Waals surface area contributed by atoms with Gasteiger partial charge in [-0.05, 0) is 42.5 Å². The van der Waals surface area contributed by atoms with Crippen LogP contribution in [0.2, 0.25) is 0 Å². The lowest BCUT2D eigenvalue weighted by Gasteiger charge is -2.36. The summed E-state index contributed by atoms with van der Waals surface area (Å²) in [7, 11) is -3.74. The van der Waals surface area contributed by atoms with Crippen molar-refractivity contribution in [1.82, 2.24) is 14.5 Å². The fourth-order valence-electron chi connectivity index (χ4n) is 3.67. The van der Waals surface area contributed by atoms with Gasteiger partial charge in [-0.1, -0.05) is 48.5 Å². The van der Waals surface area contributed by atoms with E-state index in [-0.39, 0.29) is 10.8 Å². The summed E-state index contributed by atoms with van der Waals surface area (Å²) in [6.45, 7) is 3.81. The van der Waals surface area contributed by atoms with Crippen molar-refractivity contribution in [2.75, 3.05) is 44.7 Å². The maximum absolute atomic E-state index is 13.2. The first kappa shape index (κ1) is 23.8. The molecule has 0 saturated carbocycles. The molecule has 168 valence electrons. The average Bonchev–Trinajstić information content (AvgIpc) is 2.81. The summed E-state index contributed by atoms with van der Waals surface area (Å²) in [4.78, 5) is 17.5. The Morgan fingerprint density at radius 3 is 2.23 bits per heavy atom. The number of nitrogens with one attached hydrogen (secondary N) is 1. The number of benzene rings is 2. The third-order valence-electron chi connectivity index (χ3n) is 5.50. The van der Waals surface area contributed by atoms with Crippen LogP contribution in [-0.2, 0) is 21.2 Å². The van der Waals surface area contributed by atoms with Gasteiger partial charge in [-0.2, -0.15) is 16.5 Å². The normalized spacial score (nSPS) is 16.2. The summed E-state index contributed by atoms with van der Waals surface area (Å²) in [6, 6.07) is 17.9. The van der Waals surface area contributed by atoms with Crippen LogP contribution in [-0.4, -0.2) is 74.9 Å². The number of amides is 1. The van der Waals surface area contributed by atoms with Gasteiger partial charge in [0.15, 0.2) is 0 Å². The average molecular weight is 462 g/mol. The van der Waals surface area contributed by atoms with Crippen LogP contribution in [0.5, 0.6) is 0 Å². The van der Waals surface area contributed by atoms with E-state index in [1.807, 2.05) is 12.3 Å². The number of thioether (sulfide) groups is 1. The fraction of sp³-hybridized carbons (Fsp3) is 0.435. The third kappa shape index (κ3) is 7.07. The van der Waals surface area contributed by atoms with Crippen molar-refractivity contribution in [2.45, 2.75) is 23.8 Å². The van der Waals surface area contributed by atoms with E-state index in [1.165, 1.54) is 5.56 Å². The minimum Gasteiger partial charge on any atom is -0.339 e. The Bertz CT molecular complexity index is 916. The first-order valence-electron chi connectivity index (χ1n) is 10.6. The minimum atomic E-state index is -3.74. The zero-order valence-electron chi connectivity index (χ0n) is 17.9. The second-order valence-corrected chi connectivity index (χ2v) is 10.4. The number of hydrogen-bond donors (Lipinski definition) is 1. The molecule has 0 bridgehead atoms. The van der Waals surface area contributed by atoms with Crippen LogP contribution in [0, 0.1) is 0 Å². The Balaban J connectivity index is 1.56. The Labute approximate surface area is 190 Å². The third-order valence-corrected chi connectivity index (χ3v) is 7.63. The zero-order valence-corrected chi connectivity index (χ0v) is 19.6. The molecule has 1 amide bonds. The van der Waals surface area contributed by atoms with Crippen molar-refractivity contribution < 1.29 is 13.2 Å². The highest BCUT2D eigenvalue weighted by Crippen LogP contribution is 2.14. The highest BCUT2D eigenvalue weighted by atomic mass is 32.2. The Kier molecular flexibility index (Phi) is 8.95. The van der Waals surface area contributed by atoms with Gasteiger partial charge < -0.3 is 4.90 Å². The van der Waals surface area contributed by atoms with Crippen LogP contribution in [0.15, 0.2) is 65.6 Å². The molecule has 0 aliphatic carbocycles.